The Morgan fingerprint density at radius 1 is 1.03 bits per heavy atom. The number of rotatable bonds is 10. The maximum atomic E-state index is 12.8. The van der Waals surface area contributed by atoms with Crippen molar-refractivity contribution in [3.8, 4) is 11.5 Å². The number of hydrogen-bond acceptors (Lipinski definition) is 8. The summed E-state index contributed by atoms with van der Waals surface area (Å²) < 4.78 is 15.9. The quantitative estimate of drug-likeness (QED) is 0.365. The van der Waals surface area contributed by atoms with Crippen LogP contribution in [-0.2, 0) is 19.1 Å². The van der Waals surface area contributed by atoms with Crippen LogP contribution in [0.1, 0.15) is 19.4 Å². The van der Waals surface area contributed by atoms with Crippen LogP contribution in [0.15, 0.2) is 47.4 Å². The van der Waals surface area contributed by atoms with Gasteiger partial charge in [-0.05, 0) is 73.6 Å². The summed E-state index contributed by atoms with van der Waals surface area (Å²) in [5, 5.41) is 2.59. The van der Waals surface area contributed by atoms with Gasteiger partial charge in [0.05, 0.1) is 18.1 Å². The summed E-state index contributed by atoms with van der Waals surface area (Å²) in [5.41, 5.74) is 1.07. The second kappa shape index (κ2) is 12.3. The highest BCUT2D eigenvalue weighted by molar-refractivity contribution is 8.18. The fourth-order valence-corrected chi connectivity index (χ4v) is 3.97. The van der Waals surface area contributed by atoms with Gasteiger partial charge in [-0.1, -0.05) is 17.7 Å². The molecule has 0 aromatic heterocycles. The SMILES string of the molecule is CCOC(=O)COc1ccc(/C=C2\SC(=O)N(CC(=O)Nc3ccc(Cl)cc3)C2=O)cc1OCC. The van der Waals surface area contributed by atoms with Gasteiger partial charge in [-0.2, -0.15) is 0 Å². The van der Waals surface area contributed by atoms with Crippen molar-refractivity contribution in [3.63, 3.8) is 0 Å². The van der Waals surface area contributed by atoms with E-state index in [1.54, 1.807) is 56.3 Å². The monoisotopic (exact) mass is 518 g/mol. The lowest BCUT2D eigenvalue weighted by Crippen LogP contribution is -2.36. The molecule has 0 atom stereocenters. The number of hydrogen-bond donors (Lipinski definition) is 1. The molecule has 1 fully saturated rings. The van der Waals surface area contributed by atoms with E-state index in [9.17, 15) is 19.2 Å². The van der Waals surface area contributed by atoms with Crippen molar-refractivity contribution in [2.45, 2.75) is 13.8 Å². The van der Waals surface area contributed by atoms with Gasteiger partial charge in [-0.15, -0.1) is 0 Å². The molecule has 0 radical (unpaired) electrons. The Hall–Kier alpha value is -3.50. The first-order valence-electron chi connectivity index (χ1n) is 10.7. The highest BCUT2D eigenvalue weighted by Gasteiger charge is 2.36. The molecule has 0 aliphatic carbocycles. The Balaban J connectivity index is 1.69. The third-order valence-corrected chi connectivity index (χ3v) is 5.68. The van der Waals surface area contributed by atoms with Crippen LogP contribution in [0.2, 0.25) is 5.02 Å². The lowest BCUT2D eigenvalue weighted by Gasteiger charge is -2.13. The van der Waals surface area contributed by atoms with Gasteiger partial charge in [-0.25, -0.2) is 4.79 Å². The van der Waals surface area contributed by atoms with Gasteiger partial charge in [0.1, 0.15) is 6.54 Å². The van der Waals surface area contributed by atoms with Gasteiger partial charge in [0.2, 0.25) is 5.91 Å². The molecule has 9 nitrogen and oxygen atoms in total. The number of halogens is 1. The summed E-state index contributed by atoms with van der Waals surface area (Å²) in [7, 11) is 0. The Morgan fingerprint density at radius 3 is 2.46 bits per heavy atom. The number of anilines is 1. The topological polar surface area (TPSA) is 111 Å². The van der Waals surface area contributed by atoms with Crippen molar-refractivity contribution in [2.75, 3.05) is 31.7 Å². The number of ether oxygens (including phenoxy) is 3. The fourth-order valence-electron chi connectivity index (χ4n) is 3.01. The molecule has 1 saturated heterocycles. The van der Waals surface area contributed by atoms with Crippen LogP contribution in [-0.4, -0.2) is 54.3 Å². The normalized spacial score (nSPS) is 14.3. The summed E-state index contributed by atoms with van der Waals surface area (Å²) in [6.45, 7) is 3.39. The van der Waals surface area contributed by atoms with Crippen molar-refractivity contribution in [1.29, 1.82) is 0 Å². The van der Waals surface area contributed by atoms with Crippen LogP contribution in [0.25, 0.3) is 6.08 Å². The second-order valence-electron chi connectivity index (χ2n) is 7.06. The predicted molar refractivity (Wildman–Crippen MR) is 132 cm³/mol. The lowest BCUT2D eigenvalue weighted by molar-refractivity contribution is -0.145. The maximum Gasteiger partial charge on any atom is 0.344 e. The average Bonchev–Trinajstić information content (AvgIpc) is 3.07. The average molecular weight is 519 g/mol. The van der Waals surface area contributed by atoms with Gasteiger partial charge in [-0.3, -0.25) is 19.3 Å². The van der Waals surface area contributed by atoms with E-state index in [0.717, 1.165) is 16.7 Å². The van der Waals surface area contributed by atoms with E-state index in [4.69, 9.17) is 25.8 Å². The molecule has 1 aliphatic rings. The molecule has 3 rings (SSSR count). The molecule has 1 aliphatic heterocycles. The highest BCUT2D eigenvalue weighted by Crippen LogP contribution is 2.34. The number of nitrogens with one attached hydrogen (secondary N) is 1. The predicted octanol–water partition coefficient (Wildman–Crippen LogP) is 4.36. The van der Waals surface area contributed by atoms with Crippen molar-refractivity contribution in [3.05, 3.63) is 58.0 Å². The van der Waals surface area contributed by atoms with Crippen LogP contribution < -0.4 is 14.8 Å². The summed E-state index contributed by atoms with van der Waals surface area (Å²) in [4.78, 5) is 50.1. The molecular formula is C24H23ClN2O7S. The van der Waals surface area contributed by atoms with Crippen LogP contribution in [0, 0.1) is 0 Å². The maximum absolute atomic E-state index is 12.8. The summed E-state index contributed by atoms with van der Waals surface area (Å²) in [6, 6.07) is 11.3. The van der Waals surface area contributed by atoms with Gasteiger partial charge in [0.25, 0.3) is 11.1 Å². The van der Waals surface area contributed by atoms with Crippen molar-refractivity contribution < 1.29 is 33.4 Å². The summed E-state index contributed by atoms with van der Waals surface area (Å²) >= 11 is 6.57. The first-order valence-corrected chi connectivity index (χ1v) is 11.9. The highest BCUT2D eigenvalue weighted by atomic mass is 35.5. The number of thioether (sulfide) groups is 1. The fraction of sp³-hybridized carbons (Fsp3) is 0.250. The lowest BCUT2D eigenvalue weighted by atomic mass is 10.2. The van der Waals surface area contributed by atoms with E-state index in [-0.39, 0.29) is 18.1 Å². The third-order valence-electron chi connectivity index (χ3n) is 4.52. The molecule has 0 bridgehead atoms. The number of imide groups is 1. The van der Waals surface area contributed by atoms with E-state index in [1.165, 1.54) is 6.08 Å². The smallest absolute Gasteiger partial charge is 0.344 e. The van der Waals surface area contributed by atoms with Gasteiger partial charge >= 0.3 is 5.97 Å². The van der Waals surface area contributed by atoms with E-state index in [1.807, 2.05) is 0 Å². The minimum absolute atomic E-state index is 0.164. The molecule has 2 aromatic carbocycles. The van der Waals surface area contributed by atoms with E-state index in [2.05, 4.69) is 5.32 Å². The molecule has 1 heterocycles. The molecule has 0 saturated carbocycles. The van der Waals surface area contributed by atoms with Crippen LogP contribution >= 0.6 is 23.4 Å². The minimum Gasteiger partial charge on any atom is -0.490 e. The molecule has 2 aromatic rings. The Morgan fingerprint density at radius 2 is 1.77 bits per heavy atom. The van der Waals surface area contributed by atoms with Crippen LogP contribution in [0.5, 0.6) is 11.5 Å². The Kier molecular flexibility index (Phi) is 9.16. The van der Waals surface area contributed by atoms with Gasteiger partial charge in [0.15, 0.2) is 18.1 Å². The standard InChI is InChI=1S/C24H23ClN2O7S/c1-3-32-19-11-15(5-10-18(19)34-14-22(29)33-4-2)12-20-23(30)27(24(31)35-20)13-21(28)26-17-8-6-16(25)7-9-17/h5-12H,3-4,13-14H2,1-2H3,(H,26,28)/b20-12-. The van der Waals surface area contributed by atoms with Gasteiger partial charge in [0, 0.05) is 10.7 Å². The Labute approximate surface area is 211 Å². The number of carbonyl (C=O) groups excluding carboxylic acids is 4. The zero-order valence-corrected chi connectivity index (χ0v) is 20.6. The first-order chi connectivity index (χ1) is 16.8. The van der Waals surface area contributed by atoms with Gasteiger partial charge < -0.3 is 19.5 Å². The van der Waals surface area contributed by atoms with Crippen LogP contribution in [0.4, 0.5) is 10.5 Å². The first kappa shape index (κ1) is 26.1. The van der Waals surface area contributed by atoms with E-state index >= 15 is 0 Å². The second-order valence-corrected chi connectivity index (χ2v) is 8.49. The van der Waals surface area contributed by atoms with Crippen LogP contribution in [0.3, 0.4) is 0 Å². The zero-order valence-electron chi connectivity index (χ0n) is 19.0. The molecule has 0 unspecified atom stereocenters. The summed E-state index contributed by atoms with van der Waals surface area (Å²) in [5.74, 6) is -0.895. The molecule has 0 spiro atoms. The molecule has 1 N–H and O–H groups in total. The largest absolute Gasteiger partial charge is 0.490 e. The molecule has 35 heavy (non-hydrogen) atoms. The number of carbonyl (C=O) groups is 4. The zero-order chi connectivity index (χ0) is 25.4. The van der Waals surface area contributed by atoms with Crippen molar-refractivity contribution >= 4 is 58.1 Å². The number of nitrogens with zero attached hydrogens (tertiary/aromatic N) is 1. The molecule has 184 valence electrons. The molecule has 3 amide bonds. The van der Waals surface area contributed by atoms with Crippen molar-refractivity contribution in [1.82, 2.24) is 4.90 Å². The summed E-state index contributed by atoms with van der Waals surface area (Å²) in [6.07, 6.45) is 1.53. The van der Waals surface area contributed by atoms with E-state index in [0.29, 0.717) is 34.4 Å². The minimum atomic E-state index is -0.577. The Bertz CT molecular complexity index is 1150. The number of esters is 1. The number of benzene rings is 2. The van der Waals surface area contributed by atoms with E-state index < -0.39 is 29.6 Å². The molecule has 11 heteroatoms. The third kappa shape index (κ3) is 7.24. The molecular weight excluding hydrogens is 496 g/mol. The number of amides is 3. The van der Waals surface area contributed by atoms with Crippen molar-refractivity contribution in [2.24, 2.45) is 0 Å².